The second kappa shape index (κ2) is 3.35. The number of nitrogens with zero attached hydrogens (tertiary/aromatic N) is 1. The van der Waals surface area contributed by atoms with Crippen molar-refractivity contribution in [1.29, 1.82) is 5.26 Å². The lowest BCUT2D eigenvalue weighted by Gasteiger charge is -2.21. The number of carbonyl (C=O) groups is 1. The van der Waals surface area contributed by atoms with Crippen LogP contribution in [-0.2, 0) is 4.79 Å². The van der Waals surface area contributed by atoms with Crippen LogP contribution in [0.3, 0.4) is 0 Å². The predicted octanol–water partition coefficient (Wildman–Crippen LogP) is -0.233. The van der Waals surface area contributed by atoms with Gasteiger partial charge in [0.25, 0.3) is 0 Å². The third kappa shape index (κ3) is 1.52. The van der Waals surface area contributed by atoms with Crippen LogP contribution in [0.1, 0.15) is 19.3 Å². The summed E-state index contributed by atoms with van der Waals surface area (Å²) in [5, 5.41) is 14.2. The molecule has 3 atom stereocenters. The molecule has 1 saturated heterocycles. The first kappa shape index (κ1) is 8.52. The number of rotatable bonds is 2. The third-order valence-electron chi connectivity index (χ3n) is 2.98. The molecule has 1 aliphatic heterocycles. The van der Waals surface area contributed by atoms with Gasteiger partial charge in [0.2, 0.25) is 5.91 Å². The molecule has 2 rings (SSSR count). The molecule has 1 saturated carbocycles. The van der Waals surface area contributed by atoms with E-state index in [1.807, 2.05) is 6.07 Å². The van der Waals surface area contributed by atoms with Crippen LogP contribution in [0.4, 0.5) is 0 Å². The van der Waals surface area contributed by atoms with Crippen molar-refractivity contribution in [1.82, 2.24) is 10.6 Å². The number of hydrogen-bond donors (Lipinski definition) is 2. The Balaban J connectivity index is 1.88. The van der Waals surface area contributed by atoms with E-state index in [9.17, 15) is 4.79 Å². The molecule has 0 radical (unpaired) electrons. The lowest BCUT2D eigenvalue weighted by Crippen LogP contribution is -2.47. The van der Waals surface area contributed by atoms with Crippen molar-refractivity contribution >= 4 is 5.91 Å². The highest BCUT2D eigenvalue weighted by Gasteiger charge is 2.42. The average molecular weight is 179 g/mol. The molecule has 2 aliphatic rings. The monoisotopic (exact) mass is 179 g/mol. The molecule has 2 fully saturated rings. The van der Waals surface area contributed by atoms with Crippen LogP contribution in [0.15, 0.2) is 0 Å². The fourth-order valence-corrected chi connectivity index (χ4v) is 2.39. The van der Waals surface area contributed by atoms with E-state index in [4.69, 9.17) is 5.26 Å². The highest BCUT2D eigenvalue weighted by atomic mass is 16.2. The van der Waals surface area contributed by atoms with Crippen molar-refractivity contribution in [3.05, 3.63) is 0 Å². The smallest absolute Gasteiger partial charge is 0.238 e. The van der Waals surface area contributed by atoms with Gasteiger partial charge in [-0.25, -0.2) is 0 Å². The number of nitriles is 1. The Morgan fingerprint density at radius 3 is 3.00 bits per heavy atom. The van der Waals surface area contributed by atoms with Crippen molar-refractivity contribution in [3.8, 4) is 6.07 Å². The molecule has 0 aromatic rings. The molecule has 4 heteroatoms. The number of hydrogen-bond acceptors (Lipinski definition) is 3. The van der Waals surface area contributed by atoms with Gasteiger partial charge in [0.15, 0.2) is 0 Å². The molecule has 1 unspecified atom stereocenters. The summed E-state index contributed by atoms with van der Waals surface area (Å²) in [7, 11) is 0. The quantitative estimate of drug-likeness (QED) is 0.575. The zero-order valence-electron chi connectivity index (χ0n) is 7.42. The Morgan fingerprint density at radius 1 is 1.62 bits per heavy atom. The summed E-state index contributed by atoms with van der Waals surface area (Å²) in [4.78, 5) is 11.5. The Labute approximate surface area is 77.3 Å². The summed E-state index contributed by atoms with van der Waals surface area (Å²) in [6, 6.07) is 2.42. The molecule has 1 heterocycles. The molecule has 1 aliphatic carbocycles. The average Bonchev–Trinajstić information content (AvgIpc) is 2.74. The minimum absolute atomic E-state index is 0.00579. The number of fused-ring (bicyclic) bond motifs is 2. The van der Waals surface area contributed by atoms with E-state index in [1.54, 1.807) is 0 Å². The van der Waals surface area contributed by atoms with Gasteiger partial charge in [-0.05, 0) is 25.2 Å². The fraction of sp³-hybridized carbons (Fsp3) is 0.778. The number of amides is 1. The van der Waals surface area contributed by atoms with E-state index in [0.717, 1.165) is 12.8 Å². The van der Waals surface area contributed by atoms with Crippen molar-refractivity contribution in [2.24, 2.45) is 5.92 Å². The minimum atomic E-state index is -0.0351. The standard InChI is InChI=1S/C9H13N3O/c10-3-4-11-9(13)8-6-1-2-7(5-6)12-8/h6-8,12H,1-2,4-5H2,(H,11,13)/t6?,7-,8+/m1/s1. The molecule has 4 nitrogen and oxygen atoms in total. The molecular formula is C9H13N3O. The maximum absolute atomic E-state index is 11.5. The second-order valence-electron chi connectivity index (χ2n) is 3.79. The molecule has 1 amide bonds. The summed E-state index contributed by atoms with van der Waals surface area (Å²) in [6.07, 6.45) is 3.49. The van der Waals surface area contributed by atoms with E-state index in [-0.39, 0.29) is 18.5 Å². The lowest BCUT2D eigenvalue weighted by atomic mass is 9.99. The first-order valence-corrected chi connectivity index (χ1v) is 4.72. The summed E-state index contributed by atoms with van der Waals surface area (Å²) in [5.41, 5.74) is 0. The maximum Gasteiger partial charge on any atom is 0.238 e. The van der Waals surface area contributed by atoms with Gasteiger partial charge < -0.3 is 10.6 Å². The van der Waals surface area contributed by atoms with Crippen LogP contribution in [0.5, 0.6) is 0 Å². The van der Waals surface area contributed by atoms with Crippen LogP contribution in [0, 0.1) is 17.2 Å². The van der Waals surface area contributed by atoms with Crippen LogP contribution >= 0.6 is 0 Å². The van der Waals surface area contributed by atoms with Crippen LogP contribution in [0.25, 0.3) is 0 Å². The predicted molar refractivity (Wildman–Crippen MR) is 46.7 cm³/mol. The van der Waals surface area contributed by atoms with Crippen LogP contribution in [0.2, 0.25) is 0 Å². The van der Waals surface area contributed by atoms with E-state index in [2.05, 4.69) is 10.6 Å². The van der Waals surface area contributed by atoms with Crippen molar-refractivity contribution in [3.63, 3.8) is 0 Å². The summed E-state index contributed by atoms with van der Waals surface area (Å²) in [6.45, 7) is 0.119. The van der Waals surface area contributed by atoms with E-state index in [0.29, 0.717) is 12.0 Å². The Morgan fingerprint density at radius 2 is 2.46 bits per heavy atom. The third-order valence-corrected chi connectivity index (χ3v) is 2.98. The lowest BCUT2D eigenvalue weighted by molar-refractivity contribution is -0.123. The first-order chi connectivity index (χ1) is 6.31. The largest absolute Gasteiger partial charge is 0.342 e. The molecule has 0 aromatic heterocycles. The highest BCUT2D eigenvalue weighted by molar-refractivity contribution is 5.82. The molecule has 2 N–H and O–H groups in total. The number of nitrogens with one attached hydrogen (secondary N) is 2. The molecule has 0 aromatic carbocycles. The van der Waals surface area contributed by atoms with Gasteiger partial charge in [-0.15, -0.1) is 0 Å². The van der Waals surface area contributed by atoms with Crippen LogP contribution in [-0.4, -0.2) is 24.5 Å². The number of carbonyl (C=O) groups excluding carboxylic acids is 1. The van der Waals surface area contributed by atoms with Crippen molar-refractivity contribution < 1.29 is 4.79 Å². The normalized spacial score (nSPS) is 35.8. The zero-order valence-corrected chi connectivity index (χ0v) is 7.42. The maximum atomic E-state index is 11.5. The topological polar surface area (TPSA) is 64.9 Å². The van der Waals surface area contributed by atoms with Gasteiger partial charge in [-0.2, -0.15) is 5.26 Å². The van der Waals surface area contributed by atoms with Gasteiger partial charge >= 0.3 is 0 Å². The SMILES string of the molecule is N#CCNC(=O)[C@H]1N[C@@H]2CCC1C2. The Hall–Kier alpha value is -1.08. The van der Waals surface area contributed by atoms with Crippen molar-refractivity contribution in [2.75, 3.05) is 6.54 Å². The molecule has 2 bridgehead atoms. The van der Waals surface area contributed by atoms with Gasteiger partial charge in [-0.1, -0.05) is 0 Å². The van der Waals surface area contributed by atoms with E-state index >= 15 is 0 Å². The van der Waals surface area contributed by atoms with E-state index in [1.165, 1.54) is 6.42 Å². The summed E-state index contributed by atoms with van der Waals surface area (Å²) in [5.74, 6) is 0.498. The molecule has 13 heavy (non-hydrogen) atoms. The van der Waals surface area contributed by atoms with E-state index < -0.39 is 0 Å². The highest BCUT2D eigenvalue weighted by Crippen LogP contribution is 2.35. The summed E-state index contributed by atoms with van der Waals surface area (Å²) < 4.78 is 0. The molecular weight excluding hydrogens is 166 g/mol. The van der Waals surface area contributed by atoms with Gasteiger partial charge in [0.05, 0.1) is 12.1 Å². The number of piperidine rings is 1. The van der Waals surface area contributed by atoms with Gasteiger partial charge in [0, 0.05) is 6.04 Å². The zero-order chi connectivity index (χ0) is 9.26. The minimum Gasteiger partial charge on any atom is -0.342 e. The van der Waals surface area contributed by atoms with Gasteiger partial charge in [-0.3, -0.25) is 4.79 Å². The summed E-state index contributed by atoms with van der Waals surface area (Å²) >= 11 is 0. The Kier molecular flexibility index (Phi) is 2.19. The fourth-order valence-electron chi connectivity index (χ4n) is 2.39. The van der Waals surface area contributed by atoms with Crippen molar-refractivity contribution in [2.45, 2.75) is 31.3 Å². The second-order valence-corrected chi connectivity index (χ2v) is 3.79. The van der Waals surface area contributed by atoms with Gasteiger partial charge in [0.1, 0.15) is 6.54 Å². The van der Waals surface area contributed by atoms with Crippen LogP contribution < -0.4 is 10.6 Å². The molecule has 0 spiro atoms. The first-order valence-electron chi connectivity index (χ1n) is 4.72. The Bertz CT molecular complexity index is 258. The molecule has 70 valence electrons.